The number of hydrogen-bond acceptors (Lipinski definition) is 2. The minimum atomic E-state index is -1.08. The largest absolute Gasteiger partial charge is 0.494 e. The lowest BCUT2D eigenvalue weighted by atomic mass is 10.0. The average molecular weight is 393 g/mol. The van der Waals surface area contributed by atoms with Crippen molar-refractivity contribution in [2.75, 3.05) is 7.11 Å². The monoisotopic (exact) mass is 392 g/mol. The van der Waals surface area contributed by atoms with Crippen molar-refractivity contribution in [1.82, 2.24) is 0 Å². The molecule has 0 heterocycles. The standard InChI is InChI=1S/C14H11ClFIO2/c1-19-12-4-2-3-9(13(12)16)14(18)8-5-6-11(17)10(15)7-8/h2-7,14,18H,1H3. The highest BCUT2D eigenvalue weighted by Gasteiger charge is 2.18. The van der Waals surface area contributed by atoms with Gasteiger partial charge in [-0.25, -0.2) is 4.39 Å². The first kappa shape index (κ1) is 14.6. The van der Waals surface area contributed by atoms with Crippen LogP contribution in [-0.2, 0) is 0 Å². The Kier molecular flexibility index (Phi) is 4.65. The van der Waals surface area contributed by atoms with Crippen molar-refractivity contribution in [1.29, 1.82) is 0 Å². The maximum atomic E-state index is 14.1. The number of hydrogen-bond donors (Lipinski definition) is 1. The molecule has 2 aromatic rings. The molecule has 100 valence electrons. The highest BCUT2D eigenvalue weighted by Crippen LogP contribution is 2.31. The minimum Gasteiger partial charge on any atom is -0.494 e. The lowest BCUT2D eigenvalue weighted by molar-refractivity contribution is 0.213. The van der Waals surface area contributed by atoms with Gasteiger partial charge in [0.15, 0.2) is 11.6 Å². The first-order valence-corrected chi connectivity index (χ1v) is 6.95. The van der Waals surface area contributed by atoms with Gasteiger partial charge >= 0.3 is 0 Å². The smallest absolute Gasteiger partial charge is 0.171 e. The summed E-state index contributed by atoms with van der Waals surface area (Å²) >= 11 is 8.10. The fourth-order valence-electron chi connectivity index (χ4n) is 1.76. The second kappa shape index (κ2) is 6.07. The van der Waals surface area contributed by atoms with E-state index >= 15 is 0 Å². The second-order valence-corrected chi connectivity index (χ2v) is 5.51. The lowest BCUT2D eigenvalue weighted by Crippen LogP contribution is -2.04. The van der Waals surface area contributed by atoms with Crippen LogP contribution < -0.4 is 4.74 Å². The van der Waals surface area contributed by atoms with Crippen LogP contribution in [0.2, 0.25) is 5.02 Å². The van der Waals surface area contributed by atoms with Crippen LogP contribution in [0, 0.1) is 9.39 Å². The number of halogens is 3. The molecule has 0 saturated carbocycles. The summed E-state index contributed by atoms with van der Waals surface area (Å²) in [6.07, 6.45) is -1.08. The second-order valence-electron chi connectivity index (χ2n) is 3.94. The molecule has 0 aliphatic carbocycles. The normalized spacial score (nSPS) is 12.3. The van der Waals surface area contributed by atoms with Gasteiger partial charge in [-0.15, -0.1) is 0 Å². The van der Waals surface area contributed by atoms with Gasteiger partial charge in [0.05, 0.1) is 12.1 Å². The Morgan fingerprint density at radius 2 is 2.05 bits per heavy atom. The van der Waals surface area contributed by atoms with Crippen LogP contribution in [0.3, 0.4) is 0 Å². The summed E-state index contributed by atoms with van der Waals surface area (Å²) in [4.78, 5) is 0. The van der Waals surface area contributed by atoms with Crippen molar-refractivity contribution in [3.8, 4) is 5.75 Å². The Labute approximate surface area is 129 Å². The number of ether oxygens (including phenoxy) is 1. The summed E-state index contributed by atoms with van der Waals surface area (Å²) < 4.78 is 19.8. The van der Waals surface area contributed by atoms with Gasteiger partial charge in [-0.1, -0.05) is 29.8 Å². The van der Waals surface area contributed by atoms with Gasteiger partial charge in [-0.05, 0) is 46.4 Å². The zero-order chi connectivity index (χ0) is 14.0. The minimum absolute atomic E-state index is 0.105. The van der Waals surface area contributed by atoms with Crippen LogP contribution in [0.4, 0.5) is 4.39 Å². The van der Waals surface area contributed by atoms with Gasteiger partial charge in [0, 0.05) is 9.13 Å². The summed E-state index contributed by atoms with van der Waals surface area (Å²) in [7, 11) is 1.39. The maximum Gasteiger partial charge on any atom is 0.171 e. The molecule has 0 aliphatic rings. The number of benzene rings is 2. The molecule has 5 heteroatoms. The molecule has 0 aliphatic heterocycles. The highest BCUT2D eigenvalue weighted by molar-refractivity contribution is 14.1. The molecule has 2 aromatic carbocycles. The number of aliphatic hydroxyl groups is 1. The van der Waals surface area contributed by atoms with E-state index < -0.39 is 11.9 Å². The Morgan fingerprint density at radius 1 is 1.32 bits per heavy atom. The van der Waals surface area contributed by atoms with Gasteiger partial charge in [-0.3, -0.25) is 0 Å². The Balaban J connectivity index is 2.43. The first-order chi connectivity index (χ1) is 9.04. The third kappa shape index (κ3) is 3.01. The van der Waals surface area contributed by atoms with E-state index in [2.05, 4.69) is 22.6 Å². The molecule has 19 heavy (non-hydrogen) atoms. The Morgan fingerprint density at radius 3 is 2.68 bits per heavy atom. The summed E-state index contributed by atoms with van der Waals surface area (Å²) in [5, 5.41) is 10.8. The van der Waals surface area contributed by atoms with Gasteiger partial charge in [0.1, 0.15) is 6.10 Å². The zero-order valence-corrected chi connectivity index (χ0v) is 12.9. The number of aliphatic hydroxyl groups excluding tert-OH is 1. The zero-order valence-electron chi connectivity index (χ0n) is 10.0. The first-order valence-electron chi connectivity index (χ1n) is 5.50. The van der Waals surface area contributed by atoms with E-state index in [0.717, 1.165) is 3.57 Å². The Bertz CT molecular complexity index is 604. The van der Waals surface area contributed by atoms with E-state index in [-0.39, 0.29) is 11.3 Å². The fourth-order valence-corrected chi connectivity index (χ4v) is 2.28. The molecule has 0 saturated heterocycles. The van der Waals surface area contributed by atoms with Crippen molar-refractivity contribution >= 4 is 34.2 Å². The topological polar surface area (TPSA) is 29.5 Å². The third-order valence-electron chi connectivity index (χ3n) is 2.77. The molecule has 0 spiro atoms. The van der Waals surface area contributed by atoms with E-state index in [1.165, 1.54) is 19.2 Å². The number of rotatable bonds is 3. The molecule has 1 N–H and O–H groups in total. The average Bonchev–Trinajstić information content (AvgIpc) is 2.41. The van der Waals surface area contributed by atoms with E-state index in [1.54, 1.807) is 24.3 Å². The summed E-state index contributed by atoms with van der Waals surface area (Å²) in [5.41, 5.74) is 0.703. The van der Waals surface area contributed by atoms with Crippen molar-refractivity contribution in [2.24, 2.45) is 0 Å². The lowest BCUT2D eigenvalue weighted by Gasteiger charge is -2.14. The molecule has 0 fully saturated rings. The fraction of sp³-hybridized carbons (Fsp3) is 0.143. The van der Waals surface area contributed by atoms with Crippen LogP contribution in [0.15, 0.2) is 36.4 Å². The summed E-state index contributed by atoms with van der Waals surface area (Å²) in [6.45, 7) is 0. The van der Waals surface area contributed by atoms with Crippen molar-refractivity contribution in [3.63, 3.8) is 0 Å². The molecule has 0 bridgehead atoms. The molecule has 0 aromatic heterocycles. The van der Waals surface area contributed by atoms with Crippen molar-refractivity contribution in [2.45, 2.75) is 6.10 Å². The molecular formula is C14H11ClFIO2. The van der Waals surface area contributed by atoms with E-state index in [1.807, 2.05) is 0 Å². The molecule has 0 radical (unpaired) electrons. The van der Waals surface area contributed by atoms with Crippen LogP contribution in [0.25, 0.3) is 0 Å². The van der Waals surface area contributed by atoms with Crippen molar-refractivity contribution in [3.05, 3.63) is 61.9 Å². The van der Waals surface area contributed by atoms with E-state index in [9.17, 15) is 9.50 Å². The summed E-state index contributed by atoms with van der Waals surface area (Å²) in [5.74, 6) is -0.458. The highest BCUT2D eigenvalue weighted by atomic mass is 127. The van der Waals surface area contributed by atoms with Gasteiger partial charge in [-0.2, -0.15) is 0 Å². The predicted octanol–water partition coefficient (Wildman–Crippen LogP) is 4.17. The van der Waals surface area contributed by atoms with E-state index in [0.29, 0.717) is 10.6 Å². The third-order valence-corrected chi connectivity index (χ3v) is 4.34. The summed E-state index contributed by atoms with van der Waals surface area (Å²) in [6, 6.07) is 9.79. The Hall–Kier alpha value is -0.850. The van der Waals surface area contributed by atoms with Gasteiger partial charge < -0.3 is 9.84 Å². The molecule has 2 rings (SSSR count). The molecule has 2 nitrogen and oxygen atoms in total. The van der Waals surface area contributed by atoms with Crippen LogP contribution in [0.5, 0.6) is 5.75 Å². The molecule has 1 atom stereocenters. The molecular weight excluding hydrogens is 382 g/mol. The number of methoxy groups -OCH3 is 1. The van der Waals surface area contributed by atoms with Crippen LogP contribution >= 0.6 is 34.2 Å². The van der Waals surface area contributed by atoms with Crippen LogP contribution in [-0.4, -0.2) is 12.2 Å². The quantitative estimate of drug-likeness (QED) is 0.794. The van der Waals surface area contributed by atoms with Gasteiger partial charge in [0.25, 0.3) is 0 Å². The molecule has 1 unspecified atom stereocenters. The SMILES string of the molecule is COc1cccc(C(O)c2ccc(I)c(Cl)c2)c1F. The van der Waals surface area contributed by atoms with Crippen LogP contribution in [0.1, 0.15) is 17.2 Å². The maximum absolute atomic E-state index is 14.1. The van der Waals surface area contributed by atoms with E-state index in [4.69, 9.17) is 16.3 Å². The molecule has 0 amide bonds. The van der Waals surface area contributed by atoms with Gasteiger partial charge in [0.2, 0.25) is 0 Å². The van der Waals surface area contributed by atoms with Crippen molar-refractivity contribution < 1.29 is 14.2 Å². The predicted molar refractivity (Wildman–Crippen MR) is 81.2 cm³/mol.